The zero-order chi connectivity index (χ0) is 16.3. The highest BCUT2D eigenvalue weighted by molar-refractivity contribution is 4.87. The Morgan fingerprint density at radius 1 is 0.909 bits per heavy atom. The van der Waals surface area contributed by atoms with Crippen LogP contribution in [0.15, 0.2) is 0 Å². The largest absolute Gasteiger partial charge is 0.394 e. The van der Waals surface area contributed by atoms with Gasteiger partial charge in [-0.05, 0) is 0 Å². The minimum atomic E-state index is -1.20. The van der Waals surface area contributed by atoms with E-state index in [1.54, 1.807) is 0 Å². The lowest BCUT2D eigenvalue weighted by molar-refractivity contribution is -0.318. The number of aliphatic hydroxyl groups excluding tert-OH is 5. The van der Waals surface area contributed by atoms with Gasteiger partial charge in [0.05, 0.1) is 25.4 Å². The summed E-state index contributed by atoms with van der Waals surface area (Å²) in [6.07, 6.45) is -7.36. The average molecular weight is 324 g/mol. The number of aliphatic hydroxyl groups is 5. The van der Waals surface area contributed by atoms with E-state index in [0.29, 0.717) is 0 Å². The lowest BCUT2D eigenvalue weighted by Gasteiger charge is -2.42. The van der Waals surface area contributed by atoms with E-state index in [-0.39, 0.29) is 19.4 Å². The Balaban J connectivity index is 1.99. The van der Waals surface area contributed by atoms with E-state index < -0.39 is 55.8 Å². The minimum absolute atomic E-state index is 0.0211. The van der Waals surface area contributed by atoms with Crippen molar-refractivity contribution in [2.75, 3.05) is 20.3 Å². The molecule has 2 saturated heterocycles. The van der Waals surface area contributed by atoms with Crippen LogP contribution in [-0.2, 0) is 18.9 Å². The highest BCUT2D eigenvalue weighted by Gasteiger charge is 2.43. The van der Waals surface area contributed by atoms with Gasteiger partial charge < -0.3 is 44.5 Å². The molecule has 2 heterocycles. The molecule has 0 aromatic rings. The molecule has 2 rings (SSSR count). The molecule has 0 aliphatic carbocycles. The summed E-state index contributed by atoms with van der Waals surface area (Å²) in [5.41, 5.74) is 0. The van der Waals surface area contributed by atoms with E-state index in [9.17, 15) is 20.4 Å². The molecule has 0 spiro atoms. The van der Waals surface area contributed by atoms with E-state index in [4.69, 9.17) is 24.1 Å². The highest BCUT2D eigenvalue weighted by Crippen LogP contribution is 2.28. The Hall–Kier alpha value is -0.360. The quantitative estimate of drug-likeness (QED) is 0.366. The fraction of sp³-hybridized carbons (Fsp3) is 1.00. The molecule has 0 radical (unpaired) electrons. The third kappa shape index (κ3) is 3.94. The molecule has 130 valence electrons. The van der Waals surface area contributed by atoms with Crippen molar-refractivity contribution in [3.63, 3.8) is 0 Å². The predicted molar refractivity (Wildman–Crippen MR) is 70.6 cm³/mol. The molecule has 22 heavy (non-hydrogen) atoms. The van der Waals surface area contributed by atoms with Gasteiger partial charge in [0.1, 0.15) is 24.4 Å². The normalized spacial score (nSPS) is 46.6. The first-order chi connectivity index (χ1) is 10.5. The molecule has 8 atom stereocenters. The zero-order valence-corrected chi connectivity index (χ0v) is 12.3. The van der Waals surface area contributed by atoms with Gasteiger partial charge in [-0.15, -0.1) is 0 Å². The van der Waals surface area contributed by atoms with Gasteiger partial charge in [0.15, 0.2) is 12.6 Å². The summed E-state index contributed by atoms with van der Waals surface area (Å²) in [4.78, 5) is 0. The molecule has 0 amide bonds. The van der Waals surface area contributed by atoms with Crippen molar-refractivity contribution in [1.82, 2.24) is 0 Å². The molecular weight excluding hydrogens is 300 g/mol. The maximum atomic E-state index is 10.1. The van der Waals surface area contributed by atoms with Crippen LogP contribution in [0, 0.1) is 0 Å². The first-order valence-electron chi connectivity index (χ1n) is 7.25. The van der Waals surface area contributed by atoms with Crippen molar-refractivity contribution in [3.8, 4) is 0 Å². The highest BCUT2D eigenvalue weighted by atomic mass is 16.7. The van der Waals surface area contributed by atoms with Crippen LogP contribution < -0.4 is 0 Å². The average Bonchev–Trinajstić information content (AvgIpc) is 2.52. The summed E-state index contributed by atoms with van der Waals surface area (Å²) < 4.78 is 21.4. The van der Waals surface area contributed by atoms with E-state index >= 15 is 0 Å². The van der Waals surface area contributed by atoms with E-state index in [1.807, 2.05) is 0 Å². The summed E-state index contributed by atoms with van der Waals surface area (Å²) in [5.74, 6) is 0. The van der Waals surface area contributed by atoms with Crippen LogP contribution in [0.1, 0.15) is 12.8 Å². The monoisotopic (exact) mass is 324 g/mol. The molecule has 0 bridgehead atoms. The third-order valence-electron chi connectivity index (χ3n) is 3.97. The number of methoxy groups -OCH3 is 1. The van der Waals surface area contributed by atoms with Crippen LogP contribution in [-0.4, -0.2) is 95.1 Å². The van der Waals surface area contributed by atoms with E-state index in [0.717, 1.165) is 0 Å². The van der Waals surface area contributed by atoms with Crippen LogP contribution in [0.25, 0.3) is 0 Å². The van der Waals surface area contributed by atoms with Crippen molar-refractivity contribution in [2.24, 2.45) is 0 Å². The Labute approximate surface area is 128 Å². The number of ether oxygens (including phenoxy) is 4. The molecular formula is C13H24O9. The van der Waals surface area contributed by atoms with E-state index in [1.165, 1.54) is 7.11 Å². The predicted octanol–water partition coefficient (Wildman–Crippen LogP) is -2.68. The second-order valence-electron chi connectivity index (χ2n) is 5.51. The maximum absolute atomic E-state index is 10.1. The Kier molecular flexibility index (Phi) is 6.50. The first kappa shape index (κ1) is 18.0. The third-order valence-corrected chi connectivity index (χ3v) is 3.97. The van der Waals surface area contributed by atoms with Gasteiger partial charge in [-0.2, -0.15) is 0 Å². The molecule has 9 heteroatoms. The molecule has 0 aromatic carbocycles. The lowest BCUT2D eigenvalue weighted by Crippen LogP contribution is -2.56. The Morgan fingerprint density at radius 3 is 2.09 bits per heavy atom. The van der Waals surface area contributed by atoms with Gasteiger partial charge in [0, 0.05) is 20.0 Å². The standard InChI is InChI=1S/C13H24O9/c1-19-10-3-7(17)13(9(5-15)21-10)22-11-2-6(16)12(18)8(4-14)20-11/h6-18H,2-5H2,1H3/t6?,7-,8-,9?,10+,11?,12+,13+/m1/s1. The first-order valence-corrected chi connectivity index (χ1v) is 7.25. The van der Waals surface area contributed by atoms with Gasteiger partial charge in [-0.3, -0.25) is 0 Å². The number of rotatable bonds is 5. The second kappa shape index (κ2) is 7.95. The van der Waals surface area contributed by atoms with Crippen LogP contribution >= 0.6 is 0 Å². The fourth-order valence-corrected chi connectivity index (χ4v) is 2.71. The summed E-state index contributed by atoms with van der Waals surface area (Å²) in [7, 11) is 1.43. The number of hydrogen-bond donors (Lipinski definition) is 5. The summed E-state index contributed by atoms with van der Waals surface area (Å²) in [6.45, 7) is -0.861. The topological polar surface area (TPSA) is 138 Å². The SMILES string of the molecule is CO[C@@H]1C[C@@H](O)[C@H](OC2CC(O)[C@H](O)[C@@H](CO)O2)C(CO)O1. The van der Waals surface area contributed by atoms with Crippen LogP contribution in [0.2, 0.25) is 0 Å². The summed E-state index contributed by atoms with van der Waals surface area (Å²) in [5, 5.41) is 48.1. The number of hydrogen-bond acceptors (Lipinski definition) is 9. The molecule has 5 N–H and O–H groups in total. The van der Waals surface area contributed by atoms with Gasteiger partial charge in [-0.1, -0.05) is 0 Å². The zero-order valence-electron chi connectivity index (χ0n) is 12.3. The minimum Gasteiger partial charge on any atom is -0.394 e. The Morgan fingerprint density at radius 2 is 1.50 bits per heavy atom. The van der Waals surface area contributed by atoms with Crippen molar-refractivity contribution < 1.29 is 44.5 Å². The molecule has 3 unspecified atom stereocenters. The molecule has 2 fully saturated rings. The van der Waals surface area contributed by atoms with Gasteiger partial charge in [0.25, 0.3) is 0 Å². The molecule has 2 aliphatic rings. The van der Waals surface area contributed by atoms with Crippen molar-refractivity contribution in [3.05, 3.63) is 0 Å². The van der Waals surface area contributed by atoms with Gasteiger partial charge in [0.2, 0.25) is 0 Å². The summed E-state index contributed by atoms with van der Waals surface area (Å²) in [6, 6.07) is 0. The summed E-state index contributed by atoms with van der Waals surface area (Å²) >= 11 is 0. The van der Waals surface area contributed by atoms with Crippen molar-refractivity contribution >= 4 is 0 Å². The van der Waals surface area contributed by atoms with Crippen molar-refractivity contribution in [1.29, 1.82) is 0 Å². The molecule has 0 aromatic heterocycles. The van der Waals surface area contributed by atoms with Crippen LogP contribution in [0.4, 0.5) is 0 Å². The Bertz CT molecular complexity index is 341. The molecule has 2 aliphatic heterocycles. The van der Waals surface area contributed by atoms with Crippen molar-refractivity contribution in [2.45, 2.75) is 62.0 Å². The second-order valence-corrected chi connectivity index (χ2v) is 5.51. The molecule has 0 saturated carbocycles. The van der Waals surface area contributed by atoms with Crippen LogP contribution in [0.5, 0.6) is 0 Å². The van der Waals surface area contributed by atoms with Gasteiger partial charge >= 0.3 is 0 Å². The fourth-order valence-electron chi connectivity index (χ4n) is 2.71. The maximum Gasteiger partial charge on any atom is 0.161 e. The lowest BCUT2D eigenvalue weighted by atomic mass is 10.00. The molecule has 9 nitrogen and oxygen atoms in total. The van der Waals surface area contributed by atoms with Crippen LogP contribution in [0.3, 0.4) is 0 Å². The van der Waals surface area contributed by atoms with E-state index in [2.05, 4.69) is 0 Å². The van der Waals surface area contributed by atoms with Gasteiger partial charge in [-0.25, -0.2) is 0 Å². The smallest absolute Gasteiger partial charge is 0.161 e.